The zero-order valence-electron chi connectivity index (χ0n) is 21.0. The van der Waals surface area contributed by atoms with E-state index in [2.05, 4.69) is 5.32 Å². The average Bonchev–Trinajstić information content (AvgIpc) is 3.68. The lowest BCUT2D eigenvalue weighted by molar-refractivity contribution is -0.107. The summed E-state index contributed by atoms with van der Waals surface area (Å²) in [6, 6.07) is 11.6. The van der Waals surface area contributed by atoms with Crippen molar-refractivity contribution >= 4 is 29.6 Å². The molecule has 37 heavy (non-hydrogen) atoms. The number of amides is 2. The molecule has 0 saturated heterocycles. The van der Waals surface area contributed by atoms with Gasteiger partial charge in [-0.2, -0.15) is 0 Å². The second-order valence-electron chi connectivity index (χ2n) is 10.1. The number of likely N-dealkylation sites (N-methyl/N-ethyl adjacent to an activating group) is 1. The fourth-order valence-electron chi connectivity index (χ4n) is 4.76. The summed E-state index contributed by atoms with van der Waals surface area (Å²) >= 11 is 6.57. The summed E-state index contributed by atoms with van der Waals surface area (Å²) in [5.41, 5.74) is 6.55. The number of alkyl halides is 2. The fraction of sp³-hybridized carbons (Fsp3) is 0.429. The molecule has 1 atom stereocenters. The molecule has 3 N–H and O–H groups in total. The Hall–Kier alpha value is -2.97. The molecule has 6 nitrogen and oxygen atoms in total. The van der Waals surface area contributed by atoms with Gasteiger partial charge in [0.1, 0.15) is 5.75 Å². The normalized spacial score (nSPS) is 19.0. The fourth-order valence-corrected chi connectivity index (χ4v) is 5.00. The topological polar surface area (TPSA) is 84.7 Å². The van der Waals surface area contributed by atoms with Crippen LogP contribution in [0.3, 0.4) is 0 Å². The first-order valence-electron chi connectivity index (χ1n) is 12.4. The third-order valence-electron chi connectivity index (χ3n) is 7.44. The molecule has 0 bridgehead atoms. The minimum absolute atomic E-state index is 0.298. The number of ether oxygens (including phenoxy) is 1. The van der Waals surface area contributed by atoms with Gasteiger partial charge in [0.05, 0.1) is 17.2 Å². The predicted molar refractivity (Wildman–Crippen MR) is 140 cm³/mol. The van der Waals surface area contributed by atoms with Crippen molar-refractivity contribution in [1.29, 1.82) is 0 Å². The molecule has 4 rings (SSSR count). The predicted octanol–water partition coefficient (Wildman–Crippen LogP) is 5.64. The van der Waals surface area contributed by atoms with Crippen LogP contribution in [0.25, 0.3) is 0 Å². The number of rotatable bonds is 12. The summed E-state index contributed by atoms with van der Waals surface area (Å²) in [7, 11) is 1.74. The minimum Gasteiger partial charge on any atom is -0.492 e. The Morgan fingerprint density at radius 2 is 1.92 bits per heavy atom. The first-order chi connectivity index (χ1) is 17.6. The molecule has 2 aromatic rings. The highest BCUT2D eigenvalue weighted by atomic mass is 35.5. The number of hydrogen-bond acceptors (Lipinski definition) is 4. The van der Waals surface area contributed by atoms with Gasteiger partial charge < -0.3 is 15.8 Å². The first kappa shape index (κ1) is 27.1. The van der Waals surface area contributed by atoms with Crippen LogP contribution in [0.5, 0.6) is 5.75 Å². The van der Waals surface area contributed by atoms with E-state index in [9.17, 15) is 18.4 Å². The third kappa shape index (κ3) is 6.13. The molecule has 2 amide bonds. The van der Waals surface area contributed by atoms with Crippen LogP contribution in [0.2, 0.25) is 5.02 Å². The van der Waals surface area contributed by atoms with Crippen molar-refractivity contribution in [2.24, 2.45) is 17.6 Å². The van der Waals surface area contributed by atoms with E-state index in [4.69, 9.17) is 22.1 Å². The summed E-state index contributed by atoms with van der Waals surface area (Å²) in [5, 5.41) is 3.71. The van der Waals surface area contributed by atoms with Gasteiger partial charge in [-0.3, -0.25) is 14.5 Å². The first-order valence-corrected chi connectivity index (χ1v) is 12.8. The molecule has 0 heterocycles. The van der Waals surface area contributed by atoms with Crippen LogP contribution in [0.1, 0.15) is 54.9 Å². The van der Waals surface area contributed by atoms with Crippen molar-refractivity contribution in [2.75, 3.05) is 18.6 Å². The zero-order valence-corrected chi connectivity index (χ0v) is 21.7. The maximum Gasteiger partial charge on any atom is 0.249 e. The SMILES string of the molecule is CN[C@](C)(/C(=C\N(C=O)c1ccc(C(N)=O)cc1)C1CC(F)(F)C1)c1ccc(OCCC2CC2)c(Cl)c1. The average molecular weight is 532 g/mol. The van der Waals surface area contributed by atoms with Gasteiger partial charge in [0.25, 0.3) is 0 Å². The number of carbonyl (C=O) groups excluding carboxylic acids is 2. The summed E-state index contributed by atoms with van der Waals surface area (Å²) in [6.07, 6.45) is 5.06. The molecule has 2 aliphatic rings. The number of primary amides is 1. The van der Waals surface area contributed by atoms with Crippen molar-refractivity contribution < 1.29 is 23.1 Å². The van der Waals surface area contributed by atoms with Gasteiger partial charge in [0, 0.05) is 30.3 Å². The maximum atomic E-state index is 14.0. The molecule has 9 heteroatoms. The highest BCUT2D eigenvalue weighted by Crippen LogP contribution is 2.51. The number of nitrogens with zero attached hydrogens (tertiary/aromatic N) is 1. The monoisotopic (exact) mass is 531 g/mol. The molecule has 0 unspecified atom stereocenters. The Bertz CT molecular complexity index is 1180. The van der Waals surface area contributed by atoms with Gasteiger partial charge in [-0.05, 0) is 79.8 Å². The van der Waals surface area contributed by atoms with Gasteiger partial charge in [-0.1, -0.05) is 30.5 Å². The van der Waals surface area contributed by atoms with Gasteiger partial charge in [-0.25, -0.2) is 8.78 Å². The number of nitrogens with one attached hydrogen (secondary N) is 1. The largest absolute Gasteiger partial charge is 0.492 e. The maximum absolute atomic E-state index is 14.0. The zero-order chi connectivity index (χ0) is 26.8. The van der Waals surface area contributed by atoms with E-state index in [0.29, 0.717) is 40.6 Å². The highest BCUT2D eigenvalue weighted by molar-refractivity contribution is 6.32. The summed E-state index contributed by atoms with van der Waals surface area (Å²) < 4.78 is 33.8. The number of hydrogen-bond donors (Lipinski definition) is 2. The third-order valence-corrected chi connectivity index (χ3v) is 7.73. The van der Waals surface area contributed by atoms with Gasteiger partial charge in [-0.15, -0.1) is 0 Å². The van der Waals surface area contributed by atoms with Gasteiger partial charge in [0.15, 0.2) is 0 Å². The summed E-state index contributed by atoms with van der Waals surface area (Å²) in [6.45, 7) is 2.48. The van der Waals surface area contributed by atoms with E-state index in [1.165, 1.54) is 29.9 Å². The molecule has 0 radical (unpaired) electrons. The molecule has 2 aromatic carbocycles. The van der Waals surface area contributed by atoms with Crippen LogP contribution in [0.4, 0.5) is 14.5 Å². The summed E-state index contributed by atoms with van der Waals surface area (Å²) in [4.78, 5) is 24.8. The van der Waals surface area contributed by atoms with Crippen LogP contribution in [0.15, 0.2) is 54.2 Å². The lowest BCUT2D eigenvalue weighted by Gasteiger charge is -2.44. The van der Waals surface area contributed by atoms with Crippen molar-refractivity contribution in [3.05, 3.63) is 70.4 Å². The number of nitrogens with two attached hydrogens (primary N) is 1. The Morgan fingerprint density at radius 1 is 1.24 bits per heavy atom. The van der Waals surface area contributed by atoms with Gasteiger partial charge in [0.2, 0.25) is 18.2 Å². The van der Waals surface area contributed by atoms with E-state index in [-0.39, 0.29) is 12.8 Å². The molecule has 198 valence electrons. The van der Waals surface area contributed by atoms with Gasteiger partial charge >= 0.3 is 0 Å². The molecule has 2 fully saturated rings. The molecule has 0 aromatic heterocycles. The molecule has 2 saturated carbocycles. The van der Waals surface area contributed by atoms with Crippen LogP contribution in [-0.2, 0) is 10.3 Å². The van der Waals surface area contributed by atoms with E-state index in [0.717, 1.165) is 17.9 Å². The van der Waals surface area contributed by atoms with Crippen LogP contribution < -0.4 is 20.7 Å². The smallest absolute Gasteiger partial charge is 0.249 e. The highest BCUT2D eigenvalue weighted by Gasteiger charge is 2.50. The van der Waals surface area contributed by atoms with Crippen LogP contribution >= 0.6 is 11.6 Å². The van der Waals surface area contributed by atoms with Crippen LogP contribution in [-0.4, -0.2) is 31.9 Å². The molecule has 0 spiro atoms. The second-order valence-corrected chi connectivity index (χ2v) is 10.5. The van der Waals surface area contributed by atoms with Crippen molar-refractivity contribution in [3.8, 4) is 5.75 Å². The number of halogens is 3. The van der Waals surface area contributed by atoms with E-state index in [1.807, 2.05) is 13.0 Å². The van der Waals surface area contributed by atoms with Crippen molar-refractivity contribution in [3.63, 3.8) is 0 Å². The van der Waals surface area contributed by atoms with Crippen LogP contribution in [0, 0.1) is 11.8 Å². The second kappa shape index (κ2) is 10.8. The van der Waals surface area contributed by atoms with E-state index >= 15 is 0 Å². The number of anilines is 1. The Kier molecular flexibility index (Phi) is 7.90. The number of carbonyl (C=O) groups is 2. The Labute approximate surface area is 220 Å². The number of benzene rings is 2. The minimum atomic E-state index is -2.76. The lowest BCUT2D eigenvalue weighted by Crippen LogP contribution is -2.47. The van der Waals surface area contributed by atoms with E-state index < -0.39 is 23.3 Å². The molecule has 0 aliphatic heterocycles. The summed E-state index contributed by atoms with van der Waals surface area (Å²) in [5.74, 6) is -2.49. The standard InChI is InChI=1S/C28H32ClF2N3O3/c1-27(33-2,21-7-10-25(24(29)13-21)37-12-11-18-3-4-18)23(20-14-28(30,31)15-20)16-34(17-35)22-8-5-19(6-9-22)26(32)36/h5-10,13,16-18,20,33H,3-4,11-12,14-15H2,1-2H3,(H2,32,36)/b23-16-/t27-/m0/s1. The van der Waals surface area contributed by atoms with Crippen molar-refractivity contribution in [1.82, 2.24) is 5.32 Å². The Balaban J connectivity index is 1.67. The van der Waals surface area contributed by atoms with Crippen molar-refractivity contribution in [2.45, 2.75) is 50.5 Å². The quantitative estimate of drug-likeness (QED) is 0.347. The Morgan fingerprint density at radius 3 is 2.43 bits per heavy atom. The molecular weight excluding hydrogens is 500 g/mol. The molecular formula is C28H32ClF2N3O3. The lowest BCUT2D eigenvalue weighted by atomic mass is 9.68. The molecule has 2 aliphatic carbocycles. The van der Waals surface area contributed by atoms with E-state index in [1.54, 1.807) is 37.5 Å².